The van der Waals surface area contributed by atoms with Crippen molar-refractivity contribution in [1.29, 1.82) is 0 Å². The number of rotatable bonds is 5. The zero-order valence-electron chi connectivity index (χ0n) is 12.3. The highest BCUT2D eigenvalue weighted by molar-refractivity contribution is 8.06. The molecule has 120 valence electrons. The molecular weight excluding hydrogens is 342 g/mol. The van der Waals surface area contributed by atoms with E-state index in [0.717, 1.165) is 22.8 Å². The number of anilines is 1. The van der Waals surface area contributed by atoms with E-state index in [-0.39, 0.29) is 18.5 Å². The van der Waals surface area contributed by atoms with Gasteiger partial charge in [0.2, 0.25) is 0 Å². The average Bonchev–Trinajstić information content (AvgIpc) is 2.51. The molecule has 1 aromatic rings. The van der Waals surface area contributed by atoms with Crippen LogP contribution in [0.15, 0.2) is 18.2 Å². The minimum absolute atomic E-state index is 0.269. The molecule has 1 amide bonds. The van der Waals surface area contributed by atoms with Gasteiger partial charge in [0.25, 0.3) is 5.91 Å². The Hall–Kier alpha value is -0.850. The zero-order chi connectivity index (χ0) is 15.9. The number of hydrogen-bond acceptors (Lipinski definition) is 5. The summed E-state index contributed by atoms with van der Waals surface area (Å²) < 4.78 is 5.04. The molecule has 1 aliphatic heterocycles. The molecule has 0 saturated carbocycles. The SMILES string of the molecule is Cc1c(Cl)cccc1NC(=O)COC(=O)C[C@@H]1CSCCS1. The molecule has 0 radical (unpaired) electrons. The van der Waals surface area contributed by atoms with Crippen molar-refractivity contribution in [3.63, 3.8) is 0 Å². The molecule has 22 heavy (non-hydrogen) atoms. The van der Waals surface area contributed by atoms with Crippen LogP contribution in [0.2, 0.25) is 5.02 Å². The predicted octanol–water partition coefficient (Wildman–Crippen LogP) is 3.37. The van der Waals surface area contributed by atoms with Crippen LogP contribution in [0.5, 0.6) is 0 Å². The highest BCUT2D eigenvalue weighted by Gasteiger charge is 2.19. The summed E-state index contributed by atoms with van der Waals surface area (Å²) in [5.74, 6) is 2.49. The third kappa shape index (κ3) is 5.41. The Morgan fingerprint density at radius 1 is 1.41 bits per heavy atom. The van der Waals surface area contributed by atoms with Crippen LogP contribution in [0.1, 0.15) is 12.0 Å². The summed E-state index contributed by atoms with van der Waals surface area (Å²) in [5.41, 5.74) is 1.42. The van der Waals surface area contributed by atoms with Crippen LogP contribution < -0.4 is 5.32 Å². The average molecular weight is 360 g/mol. The minimum Gasteiger partial charge on any atom is -0.456 e. The Kier molecular flexibility index (Phi) is 6.92. The number of ether oxygens (including phenoxy) is 1. The van der Waals surface area contributed by atoms with E-state index in [2.05, 4.69) is 5.32 Å². The van der Waals surface area contributed by atoms with Crippen LogP contribution in [0.25, 0.3) is 0 Å². The van der Waals surface area contributed by atoms with Crippen LogP contribution in [-0.4, -0.2) is 41.0 Å². The van der Waals surface area contributed by atoms with Crippen molar-refractivity contribution in [3.05, 3.63) is 28.8 Å². The second-order valence-electron chi connectivity index (χ2n) is 4.89. The molecule has 0 aromatic heterocycles. The summed E-state index contributed by atoms with van der Waals surface area (Å²) in [4.78, 5) is 23.6. The van der Waals surface area contributed by atoms with E-state index < -0.39 is 0 Å². The second-order valence-corrected chi connectivity index (χ2v) is 7.86. The minimum atomic E-state index is -0.357. The molecule has 1 aromatic carbocycles. The van der Waals surface area contributed by atoms with E-state index in [1.54, 1.807) is 30.0 Å². The number of esters is 1. The molecule has 0 bridgehead atoms. The predicted molar refractivity (Wildman–Crippen MR) is 94.0 cm³/mol. The molecule has 1 N–H and O–H groups in total. The highest BCUT2D eigenvalue weighted by Crippen LogP contribution is 2.26. The largest absolute Gasteiger partial charge is 0.456 e. The Morgan fingerprint density at radius 2 is 2.23 bits per heavy atom. The van der Waals surface area contributed by atoms with E-state index in [1.165, 1.54) is 0 Å². The topological polar surface area (TPSA) is 55.4 Å². The number of amides is 1. The van der Waals surface area contributed by atoms with Gasteiger partial charge in [-0.1, -0.05) is 17.7 Å². The van der Waals surface area contributed by atoms with Crippen molar-refractivity contribution in [3.8, 4) is 0 Å². The molecule has 7 heteroatoms. The fraction of sp³-hybridized carbons (Fsp3) is 0.467. The Labute approximate surface area is 143 Å². The molecule has 1 saturated heterocycles. The van der Waals surface area contributed by atoms with Crippen LogP contribution in [0.4, 0.5) is 5.69 Å². The maximum atomic E-state index is 11.8. The first-order valence-corrected chi connectivity index (χ1v) is 9.54. The monoisotopic (exact) mass is 359 g/mol. The maximum Gasteiger partial charge on any atom is 0.307 e. The molecule has 1 fully saturated rings. The summed E-state index contributed by atoms with van der Waals surface area (Å²) in [6, 6.07) is 5.28. The van der Waals surface area contributed by atoms with Crippen LogP contribution in [-0.2, 0) is 14.3 Å². The zero-order valence-corrected chi connectivity index (χ0v) is 14.7. The first-order valence-electron chi connectivity index (χ1n) is 6.96. The van der Waals surface area contributed by atoms with Gasteiger partial charge in [0.1, 0.15) is 0 Å². The quantitative estimate of drug-likeness (QED) is 0.817. The normalized spacial score (nSPS) is 17.8. The standard InChI is InChI=1S/C15H18ClNO3S2/c1-10-12(16)3-2-4-13(10)17-14(18)8-20-15(19)7-11-9-21-5-6-22-11/h2-4,11H,5-9H2,1H3,(H,17,18)/t11-/m1/s1. The molecule has 0 unspecified atom stereocenters. The summed E-state index contributed by atoms with van der Waals surface area (Å²) in [6.45, 7) is 1.55. The summed E-state index contributed by atoms with van der Waals surface area (Å²) >= 11 is 9.64. The van der Waals surface area contributed by atoms with E-state index >= 15 is 0 Å². The van der Waals surface area contributed by atoms with Gasteiger partial charge in [0, 0.05) is 33.2 Å². The van der Waals surface area contributed by atoms with Crippen molar-refractivity contribution < 1.29 is 14.3 Å². The summed E-state index contributed by atoms with van der Waals surface area (Å²) in [6.07, 6.45) is 0.362. The van der Waals surface area contributed by atoms with Crippen molar-refractivity contribution in [1.82, 2.24) is 0 Å². The van der Waals surface area contributed by atoms with Gasteiger partial charge in [-0.15, -0.1) is 0 Å². The number of halogens is 1. The lowest BCUT2D eigenvalue weighted by molar-refractivity contribution is -0.147. The lowest BCUT2D eigenvalue weighted by Crippen LogP contribution is -2.24. The van der Waals surface area contributed by atoms with Crippen LogP contribution >= 0.6 is 35.1 Å². The second kappa shape index (κ2) is 8.70. The fourth-order valence-electron chi connectivity index (χ4n) is 1.97. The molecule has 1 heterocycles. The maximum absolute atomic E-state index is 11.8. The van der Waals surface area contributed by atoms with Crippen molar-refractivity contribution in [2.75, 3.05) is 29.2 Å². The Morgan fingerprint density at radius 3 is 2.95 bits per heavy atom. The summed E-state index contributed by atoms with van der Waals surface area (Å²) in [7, 11) is 0. The molecule has 4 nitrogen and oxygen atoms in total. The third-order valence-electron chi connectivity index (χ3n) is 3.19. The molecule has 1 atom stereocenters. The number of carbonyl (C=O) groups excluding carboxylic acids is 2. The van der Waals surface area contributed by atoms with Crippen molar-refractivity contribution in [2.45, 2.75) is 18.6 Å². The summed E-state index contributed by atoms with van der Waals surface area (Å²) in [5, 5.41) is 3.58. The molecule has 0 aliphatic carbocycles. The van der Waals surface area contributed by atoms with E-state index in [1.807, 2.05) is 18.7 Å². The third-order valence-corrected chi connectivity index (χ3v) is 6.44. The molecular formula is C15H18ClNO3S2. The lowest BCUT2D eigenvalue weighted by atomic mass is 10.2. The van der Waals surface area contributed by atoms with Gasteiger partial charge in [-0.25, -0.2) is 0 Å². The van der Waals surface area contributed by atoms with Gasteiger partial charge in [-0.05, 0) is 24.6 Å². The van der Waals surface area contributed by atoms with Gasteiger partial charge in [0.05, 0.1) is 6.42 Å². The Balaban J connectivity index is 1.75. The first-order chi connectivity index (χ1) is 10.6. The fourth-order valence-corrected chi connectivity index (χ4v) is 4.81. The van der Waals surface area contributed by atoms with Crippen LogP contribution in [0.3, 0.4) is 0 Å². The van der Waals surface area contributed by atoms with E-state index in [4.69, 9.17) is 16.3 Å². The molecule has 2 rings (SSSR count). The number of carbonyl (C=O) groups is 2. The van der Waals surface area contributed by atoms with Crippen molar-refractivity contribution >= 4 is 52.7 Å². The van der Waals surface area contributed by atoms with Gasteiger partial charge >= 0.3 is 5.97 Å². The highest BCUT2D eigenvalue weighted by atomic mass is 35.5. The van der Waals surface area contributed by atoms with E-state index in [9.17, 15) is 9.59 Å². The van der Waals surface area contributed by atoms with Gasteiger partial charge < -0.3 is 10.1 Å². The molecule has 0 spiro atoms. The number of nitrogens with one attached hydrogen (secondary N) is 1. The molecule has 1 aliphatic rings. The van der Waals surface area contributed by atoms with Crippen molar-refractivity contribution in [2.24, 2.45) is 0 Å². The van der Waals surface area contributed by atoms with E-state index in [0.29, 0.717) is 22.4 Å². The number of thioether (sulfide) groups is 2. The van der Waals surface area contributed by atoms with Gasteiger partial charge in [-0.2, -0.15) is 23.5 Å². The number of hydrogen-bond donors (Lipinski definition) is 1. The Bertz CT molecular complexity index is 548. The van der Waals surface area contributed by atoms with Crippen LogP contribution in [0, 0.1) is 6.92 Å². The smallest absolute Gasteiger partial charge is 0.307 e. The van der Waals surface area contributed by atoms with Gasteiger partial charge in [0.15, 0.2) is 6.61 Å². The van der Waals surface area contributed by atoms with Gasteiger partial charge in [-0.3, -0.25) is 9.59 Å². The lowest BCUT2D eigenvalue weighted by Gasteiger charge is -2.19. The first kappa shape index (κ1) is 17.5. The number of benzene rings is 1.